The summed E-state index contributed by atoms with van der Waals surface area (Å²) in [7, 11) is 0. The third-order valence-corrected chi connectivity index (χ3v) is 3.44. The van der Waals surface area contributed by atoms with Crippen LogP contribution < -0.4 is 11.3 Å². The third-order valence-electron chi connectivity index (χ3n) is 3.44. The van der Waals surface area contributed by atoms with Gasteiger partial charge in [0.05, 0.1) is 13.2 Å². The van der Waals surface area contributed by atoms with Crippen molar-refractivity contribution >= 4 is 23.3 Å². The second kappa shape index (κ2) is 3.90. The van der Waals surface area contributed by atoms with Gasteiger partial charge in [-0.3, -0.25) is 14.3 Å². The van der Waals surface area contributed by atoms with Crippen molar-refractivity contribution in [1.29, 1.82) is 0 Å². The Morgan fingerprint density at radius 2 is 2.26 bits per heavy atom. The molecular weight excluding hydrogens is 250 g/mol. The predicted molar refractivity (Wildman–Crippen MR) is 68.1 cm³/mol. The fourth-order valence-corrected chi connectivity index (χ4v) is 2.07. The summed E-state index contributed by atoms with van der Waals surface area (Å²) in [6, 6.07) is 0. The highest BCUT2D eigenvalue weighted by atomic mass is 16.3. The zero-order valence-electron chi connectivity index (χ0n) is 10.00. The molecule has 0 unspecified atom stereocenters. The van der Waals surface area contributed by atoms with E-state index in [1.54, 1.807) is 10.8 Å². The highest BCUT2D eigenvalue weighted by Gasteiger charge is 2.48. The predicted octanol–water partition coefficient (Wildman–Crippen LogP) is -1.08. The van der Waals surface area contributed by atoms with Crippen molar-refractivity contribution < 1.29 is 10.2 Å². The number of nitrogen functional groups attached to an aromatic ring is 1. The molecule has 19 heavy (non-hydrogen) atoms. The van der Waals surface area contributed by atoms with Gasteiger partial charge in [-0.2, -0.15) is 4.98 Å². The normalized spacial score (nSPS) is 19.2. The van der Waals surface area contributed by atoms with E-state index in [0.29, 0.717) is 12.1 Å². The van der Waals surface area contributed by atoms with Gasteiger partial charge in [-0.05, 0) is 12.0 Å². The highest BCUT2D eigenvalue weighted by Crippen LogP contribution is 2.51. The lowest BCUT2D eigenvalue weighted by Crippen LogP contribution is -2.12. The minimum absolute atomic E-state index is 0.0176. The molecule has 8 heteroatoms. The summed E-state index contributed by atoms with van der Waals surface area (Å²) >= 11 is 0. The van der Waals surface area contributed by atoms with Gasteiger partial charge in [0.15, 0.2) is 11.2 Å². The number of nitrogens with zero attached hydrogens (tertiary/aromatic N) is 3. The molecule has 0 atom stereocenters. The molecule has 0 saturated heterocycles. The molecule has 8 nitrogen and oxygen atoms in total. The lowest BCUT2D eigenvalue weighted by Gasteiger charge is -2.05. The van der Waals surface area contributed by atoms with E-state index in [2.05, 4.69) is 15.0 Å². The maximum absolute atomic E-state index is 11.6. The number of imidazole rings is 1. The number of aliphatic hydroxyl groups is 2. The topological polar surface area (TPSA) is 130 Å². The Bertz CT molecular complexity index is 725. The lowest BCUT2D eigenvalue weighted by atomic mass is 10.1. The van der Waals surface area contributed by atoms with Gasteiger partial charge >= 0.3 is 0 Å². The largest absolute Gasteiger partial charge is 0.395 e. The van der Waals surface area contributed by atoms with E-state index in [1.807, 2.05) is 0 Å². The SMILES string of the molecule is Nc1nc2c(ncn2C=C2CC2(CO)CO)c(=O)[nH]1. The van der Waals surface area contributed by atoms with Crippen LogP contribution in [0.25, 0.3) is 17.4 Å². The van der Waals surface area contributed by atoms with Gasteiger partial charge in [-0.25, -0.2) is 4.98 Å². The molecule has 1 aliphatic carbocycles. The van der Waals surface area contributed by atoms with Crippen molar-refractivity contribution in [2.75, 3.05) is 18.9 Å². The van der Waals surface area contributed by atoms with Gasteiger partial charge in [0.25, 0.3) is 5.56 Å². The second-order valence-electron chi connectivity index (χ2n) is 4.70. The number of hydrogen-bond donors (Lipinski definition) is 4. The molecule has 2 aromatic heterocycles. The third kappa shape index (κ3) is 1.72. The average Bonchev–Trinajstić information content (AvgIpc) is 2.94. The van der Waals surface area contributed by atoms with Gasteiger partial charge in [0.1, 0.15) is 6.33 Å². The first-order valence-electron chi connectivity index (χ1n) is 5.75. The summed E-state index contributed by atoms with van der Waals surface area (Å²) in [5.41, 5.74) is 5.99. The first kappa shape index (κ1) is 11.9. The van der Waals surface area contributed by atoms with E-state index in [9.17, 15) is 15.0 Å². The molecule has 0 spiro atoms. The van der Waals surface area contributed by atoms with E-state index in [4.69, 9.17) is 5.73 Å². The average molecular weight is 263 g/mol. The molecule has 0 bridgehead atoms. The van der Waals surface area contributed by atoms with Crippen molar-refractivity contribution in [3.63, 3.8) is 0 Å². The number of nitrogens with one attached hydrogen (secondary N) is 1. The number of nitrogens with two attached hydrogens (primary N) is 1. The molecule has 2 aromatic rings. The molecule has 3 rings (SSSR count). The van der Waals surface area contributed by atoms with Gasteiger partial charge in [0.2, 0.25) is 5.95 Å². The van der Waals surface area contributed by atoms with Crippen molar-refractivity contribution in [2.24, 2.45) is 5.41 Å². The van der Waals surface area contributed by atoms with Gasteiger partial charge in [-0.1, -0.05) is 0 Å². The van der Waals surface area contributed by atoms with Crippen LogP contribution in [0.5, 0.6) is 0 Å². The highest BCUT2D eigenvalue weighted by molar-refractivity contribution is 5.73. The Hall–Kier alpha value is -2.19. The maximum Gasteiger partial charge on any atom is 0.280 e. The summed E-state index contributed by atoms with van der Waals surface area (Å²) in [4.78, 5) is 22.0. The molecule has 1 saturated carbocycles. The monoisotopic (exact) mass is 263 g/mol. The number of hydrogen-bond acceptors (Lipinski definition) is 6. The van der Waals surface area contributed by atoms with Gasteiger partial charge < -0.3 is 15.9 Å². The molecule has 5 N–H and O–H groups in total. The number of H-pyrrole nitrogens is 1. The summed E-state index contributed by atoms with van der Waals surface area (Å²) in [6.07, 6.45) is 3.78. The van der Waals surface area contributed by atoms with Crippen LogP contribution in [0.15, 0.2) is 16.7 Å². The first-order valence-corrected chi connectivity index (χ1v) is 5.75. The molecule has 0 amide bonds. The van der Waals surface area contributed by atoms with E-state index < -0.39 is 11.0 Å². The fourth-order valence-electron chi connectivity index (χ4n) is 2.07. The quantitative estimate of drug-likeness (QED) is 0.557. The van der Waals surface area contributed by atoms with Crippen LogP contribution in [0.2, 0.25) is 0 Å². The molecular formula is C11H13N5O3. The first-order chi connectivity index (χ1) is 9.09. The van der Waals surface area contributed by atoms with E-state index in [1.165, 1.54) is 6.33 Å². The van der Waals surface area contributed by atoms with Crippen LogP contribution in [0.3, 0.4) is 0 Å². The van der Waals surface area contributed by atoms with Crippen LogP contribution in [-0.2, 0) is 0 Å². The fraction of sp³-hybridized carbons (Fsp3) is 0.364. The smallest absolute Gasteiger partial charge is 0.280 e. The number of aromatic nitrogens is 4. The molecule has 0 radical (unpaired) electrons. The molecule has 0 aliphatic heterocycles. The Labute approximate surface area is 107 Å². The molecule has 100 valence electrons. The van der Waals surface area contributed by atoms with Crippen molar-refractivity contribution in [3.8, 4) is 0 Å². The van der Waals surface area contributed by atoms with Crippen molar-refractivity contribution in [1.82, 2.24) is 19.5 Å². The number of fused-ring (bicyclic) bond motifs is 1. The summed E-state index contributed by atoms with van der Waals surface area (Å²) in [6.45, 7) is -0.226. The summed E-state index contributed by atoms with van der Waals surface area (Å²) < 4.78 is 1.57. The lowest BCUT2D eigenvalue weighted by molar-refractivity contribution is 0.143. The van der Waals surface area contributed by atoms with Crippen LogP contribution in [0.4, 0.5) is 5.95 Å². The Morgan fingerprint density at radius 1 is 1.53 bits per heavy atom. The number of rotatable bonds is 3. The van der Waals surface area contributed by atoms with Gasteiger partial charge in [-0.15, -0.1) is 0 Å². The number of aliphatic hydroxyl groups excluding tert-OH is 2. The van der Waals surface area contributed by atoms with E-state index in [-0.39, 0.29) is 24.7 Å². The van der Waals surface area contributed by atoms with Crippen LogP contribution >= 0.6 is 0 Å². The zero-order valence-corrected chi connectivity index (χ0v) is 10.00. The zero-order chi connectivity index (χ0) is 13.6. The second-order valence-corrected chi connectivity index (χ2v) is 4.70. The Kier molecular flexibility index (Phi) is 2.44. The molecule has 2 heterocycles. The Balaban J connectivity index is 2.09. The molecule has 0 aromatic carbocycles. The maximum atomic E-state index is 11.6. The minimum atomic E-state index is -0.552. The van der Waals surface area contributed by atoms with Gasteiger partial charge in [0, 0.05) is 11.6 Å². The van der Waals surface area contributed by atoms with Crippen LogP contribution in [0, 0.1) is 5.41 Å². The molecule has 1 fully saturated rings. The van der Waals surface area contributed by atoms with E-state index >= 15 is 0 Å². The summed E-state index contributed by atoms with van der Waals surface area (Å²) in [5, 5.41) is 18.5. The van der Waals surface area contributed by atoms with Crippen LogP contribution in [-0.4, -0.2) is 42.9 Å². The van der Waals surface area contributed by atoms with E-state index in [0.717, 1.165) is 5.57 Å². The van der Waals surface area contributed by atoms with Crippen molar-refractivity contribution in [2.45, 2.75) is 6.42 Å². The molecule has 1 aliphatic rings. The standard InChI is InChI=1S/C11H13N5O3/c12-10-14-8-7(9(19)15-10)13-5-16(8)2-6-1-11(6,3-17)4-18/h2,5,17-18H,1,3-4H2,(H3,12,14,15,19). The minimum Gasteiger partial charge on any atom is -0.395 e. The number of aromatic amines is 1. The van der Waals surface area contributed by atoms with Crippen LogP contribution in [0.1, 0.15) is 6.42 Å². The Morgan fingerprint density at radius 3 is 2.89 bits per heavy atom. The van der Waals surface area contributed by atoms with Crippen molar-refractivity contribution in [3.05, 3.63) is 22.3 Å². The number of anilines is 1. The summed E-state index contributed by atoms with van der Waals surface area (Å²) in [5.74, 6) is 0.0176.